The molecule has 23 heavy (non-hydrogen) atoms. The fraction of sp³-hybridized carbons (Fsp3) is 0.294. The Kier molecular flexibility index (Phi) is 7.47. The maximum Gasteiger partial charge on any atom is 0.139 e. The molecule has 2 aromatic rings. The topological polar surface area (TPSA) is 46.1 Å². The smallest absolute Gasteiger partial charge is 0.139 e. The van der Waals surface area contributed by atoms with E-state index in [-0.39, 0.29) is 6.61 Å². The highest BCUT2D eigenvalue weighted by atomic mass is 35.5. The Morgan fingerprint density at radius 1 is 1.00 bits per heavy atom. The number of halogens is 3. The van der Waals surface area contributed by atoms with Crippen LogP contribution in [0.3, 0.4) is 0 Å². The molecule has 0 amide bonds. The van der Waals surface area contributed by atoms with E-state index in [9.17, 15) is 5.11 Å². The van der Waals surface area contributed by atoms with Crippen LogP contribution in [0.1, 0.15) is 5.56 Å². The van der Waals surface area contributed by atoms with E-state index in [0.717, 1.165) is 18.0 Å². The van der Waals surface area contributed by atoms with Gasteiger partial charge in [0.05, 0.1) is 11.6 Å². The summed E-state index contributed by atoms with van der Waals surface area (Å²) in [4.78, 5) is 0. The zero-order valence-electron chi connectivity index (χ0n) is 12.5. The summed E-state index contributed by atoms with van der Waals surface area (Å²) in [6.07, 6.45) is 0.348. The largest absolute Gasteiger partial charge is 0.489 e. The Labute approximate surface area is 151 Å². The minimum absolute atomic E-state index is 0.178. The molecule has 0 aliphatic rings. The molecule has 0 radical (unpaired) electrons. The standard InChI is InChI=1S/C17H18Cl3NO2/c18-13-3-1-12(2-4-13)7-8-21-10-15(22)11-23-17-9-14(19)5-6-16(17)20/h1-6,9,15,21-22H,7-8,10-11H2/p+1/t15-/m0/s1. The predicted octanol–water partition coefficient (Wildman–Crippen LogP) is 3.19. The van der Waals surface area contributed by atoms with E-state index in [2.05, 4.69) is 5.32 Å². The molecular weight excluding hydrogens is 357 g/mol. The summed E-state index contributed by atoms with van der Waals surface area (Å²) in [6, 6.07) is 12.8. The highest BCUT2D eigenvalue weighted by Gasteiger charge is 2.09. The van der Waals surface area contributed by atoms with Crippen LogP contribution in [0.4, 0.5) is 0 Å². The fourth-order valence-corrected chi connectivity index (χ4v) is 2.53. The number of aliphatic hydroxyl groups excluding tert-OH is 1. The zero-order chi connectivity index (χ0) is 16.7. The van der Waals surface area contributed by atoms with Gasteiger partial charge in [0.25, 0.3) is 0 Å². The minimum atomic E-state index is -0.574. The van der Waals surface area contributed by atoms with Crippen molar-refractivity contribution in [1.29, 1.82) is 0 Å². The van der Waals surface area contributed by atoms with E-state index in [4.69, 9.17) is 39.5 Å². The van der Waals surface area contributed by atoms with E-state index in [1.54, 1.807) is 18.2 Å². The van der Waals surface area contributed by atoms with Gasteiger partial charge in [-0.15, -0.1) is 0 Å². The SMILES string of the molecule is O[C@@H](C[NH2+]CCc1ccc(Cl)cc1)COc1cc(Cl)ccc1Cl. The van der Waals surface area contributed by atoms with Gasteiger partial charge in [0.1, 0.15) is 25.0 Å². The average Bonchev–Trinajstić information content (AvgIpc) is 2.54. The number of nitrogens with two attached hydrogens (primary N) is 1. The van der Waals surface area contributed by atoms with E-state index >= 15 is 0 Å². The van der Waals surface area contributed by atoms with Gasteiger partial charge in [-0.05, 0) is 29.8 Å². The second-order valence-corrected chi connectivity index (χ2v) is 6.51. The van der Waals surface area contributed by atoms with E-state index < -0.39 is 6.10 Å². The van der Waals surface area contributed by atoms with Crippen molar-refractivity contribution >= 4 is 34.8 Å². The molecule has 0 heterocycles. The number of benzene rings is 2. The number of rotatable bonds is 8. The Bertz CT molecular complexity index is 620. The van der Waals surface area contributed by atoms with Crippen molar-refractivity contribution in [2.75, 3.05) is 19.7 Å². The van der Waals surface area contributed by atoms with Crippen molar-refractivity contribution in [1.82, 2.24) is 0 Å². The van der Waals surface area contributed by atoms with Crippen LogP contribution in [-0.4, -0.2) is 30.9 Å². The first-order chi connectivity index (χ1) is 11.0. The molecular formula is C17H19Cl3NO2+. The first kappa shape index (κ1) is 18.4. The molecule has 0 spiro atoms. The van der Waals surface area contributed by atoms with Crippen LogP contribution >= 0.6 is 34.8 Å². The maximum absolute atomic E-state index is 9.95. The summed E-state index contributed by atoms with van der Waals surface area (Å²) in [5.74, 6) is 0.486. The molecule has 0 aliphatic heterocycles. The molecule has 0 saturated heterocycles. The Balaban J connectivity index is 1.66. The third kappa shape index (κ3) is 6.58. The van der Waals surface area contributed by atoms with Gasteiger partial charge >= 0.3 is 0 Å². The third-order valence-electron chi connectivity index (χ3n) is 3.31. The van der Waals surface area contributed by atoms with Gasteiger partial charge in [-0.1, -0.05) is 46.9 Å². The van der Waals surface area contributed by atoms with Gasteiger partial charge in [-0.2, -0.15) is 0 Å². The molecule has 0 bridgehead atoms. The summed E-state index contributed by atoms with van der Waals surface area (Å²) in [5, 5.41) is 13.8. The van der Waals surface area contributed by atoms with Crippen LogP contribution in [-0.2, 0) is 6.42 Å². The summed E-state index contributed by atoms with van der Waals surface area (Å²) >= 11 is 17.7. The molecule has 124 valence electrons. The number of quaternary nitrogens is 1. The molecule has 3 nitrogen and oxygen atoms in total. The number of hydrogen-bond donors (Lipinski definition) is 2. The van der Waals surface area contributed by atoms with E-state index in [1.807, 2.05) is 24.3 Å². The lowest BCUT2D eigenvalue weighted by molar-refractivity contribution is -0.660. The van der Waals surface area contributed by atoms with Crippen molar-refractivity contribution in [3.05, 3.63) is 63.1 Å². The van der Waals surface area contributed by atoms with Gasteiger partial charge in [0, 0.05) is 22.5 Å². The van der Waals surface area contributed by atoms with Crippen LogP contribution in [0.15, 0.2) is 42.5 Å². The average molecular weight is 376 g/mol. The van der Waals surface area contributed by atoms with Crippen LogP contribution in [0.2, 0.25) is 15.1 Å². The van der Waals surface area contributed by atoms with Gasteiger partial charge < -0.3 is 15.2 Å². The summed E-state index contributed by atoms with van der Waals surface area (Å²) in [6.45, 7) is 1.62. The second kappa shape index (κ2) is 9.36. The van der Waals surface area contributed by atoms with Crippen LogP contribution in [0.25, 0.3) is 0 Å². The first-order valence-corrected chi connectivity index (χ1v) is 8.50. The molecule has 0 unspecified atom stereocenters. The molecule has 2 rings (SSSR count). The molecule has 6 heteroatoms. The molecule has 0 saturated carbocycles. The molecule has 0 aliphatic carbocycles. The zero-order valence-corrected chi connectivity index (χ0v) is 14.8. The molecule has 0 aromatic heterocycles. The van der Waals surface area contributed by atoms with Gasteiger partial charge in [-0.25, -0.2) is 0 Å². The second-order valence-electron chi connectivity index (χ2n) is 5.23. The van der Waals surface area contributed by atoms with Crippen molar-refractivity contribution in [3.63, 3.8) is 0 Å². The molecule has 0 fully saturated rings. The van der Waals surface area contributed by atoms with Gasteiger partial charge in [0.15, 0.2) is 0 Å². The van der Waals surface area contributed by atoms with Gasteiger partial charge in [0.2, 0.25) is 0 Å². The molecule has 2 aromatic carbocycles. The van der Waals surface area contributed by atoms with Crippen LogP contribution < -0.4 is 10.1 Å². The van der Waals surface area contributed by atoms with Gasteiger partial charge in [-0.3, -0.25) is 0 Å². The maximum atomic E-state index is 9.95. The lowest BCUT2D eigenvalue weighted by atomic mass is 10.1. The van der Waals surface area contributed by atoms with Crippen molar-refractivity contribution in [2.24, 2.45) is 0 Å². The third-order valence-corrected chi connectivity index (χ3v) is 4.11. The highest BCUT2D eigenvalue weighted by molar-refractivity contribution is 6.34. The highest BCUT2D eigenvalue weighted by Crippen LogP contribution is 2.27. The summed E-state index contributed by atoms with van der Waals surface area (Å²) < 4.78 is 5.51. The van der Waals surface area contributed by atoms with Crippen molar-refractivity contribution < 1.29 is 15.2 Å². The number of aliphatic hydroxyl groups is 1. The summed E-state index contributed by atoms with van der Waals surface area (Å²) in [5.41, 5.74) is 1.22. The van der Waals surface area contributed by atoms with Crippen molar-refractivity contribution in [2.45, 2.75) is 12.5 Å². The monoisotopic (exact) mass is 374 g/mol. The molecule has 3 N–H and O–H groups in total. The van der Waals surface area contributed by atoms with E-state index in [1.165, 1.54) is 5.56 Å². The molecule has 1 atom stereocenters. The van der Waals surface area contributed by atoms with Crippen molar-refractivity contribution in [3.8, 4) is 5.75 Å². The quantitative estimate of drug-likeness (QED) is 0.696. The number of ether oxygens (including phenoxy) is 1. The summed E-state index contributed by atoms with van der Waals surface area (Å²) in [7, 11) is 0. The predicted molar refractivity (Wildman–Crippen MR) is 94.8 cm³/mol. The number of hydrogen-bond acceptors (Lipinski definition) is 2. The lowest BCUT2D eigenvalue weighted by Gasteiger charge is -2.12. The van der Waals surface area contributed by atoms with Crippen LogP contribution in [0, 0.1) is 0 Å². The Morgan fingerprint density at radius 3 is 2.43 bits per heavy atom. The minimum Gasteiger partial charge on any atom is -0.489 e. The Hall–Kier alpha value is -0.970. The lowest BCUT2D eigenvalue weighted by Crippen LogP contribution is -2.87. The first-order valence-electron chi connectivity index (χ1n) is 7.36. The van der Waals surface area contributed by atoms with E-state index in [0.29, 0.717) is 22.3 Å². The Morgan fingerprint density at radius 2 is 1.70 bits per heavy atom. The fourth-order valence-electron chi connectivity index (χ4n) is 2.07. The normalized spacial score (nSPS) is 12.2. The van der Waals surface area contributed by atoms with Crippen LogP contribution in [0.5, 0.6) is 5.75 Å².